The molecule has 1 N–H and O–H groups in total. The van der Waals surface area contributed by atoms with E-state index in [1.165, 1.54) is 0 Å². The van der Waals surface area contributed by atoms with Crippen LogP contribution < -0.4 is 14.8 Å². The molecule has 7 nitrogen and oxygen atoms in total. The molecule has 1 heterocycles. The van der Waals surface area contributed by atoms with E-state index in [0.717, 1.165) is 5.69 Å². The molecular weight excluding hydrogens is 320 g/mol. The van der Waals surface area contributed by atoms with E-state index in [4.69, 9.17) is 9.47 Å². The Labute approximate surface area is 148 Å². The third kappa shape index (κ3) is 4.37. The minimum absolute atomic E-state index is 0.106. The molecule has 0 radical (unpaired) electrons. The second kappa shape index (κ2) is 8.32. The number of carbonyl (C=O) groups excluding carboxylic acids is 1. The molecule has 1 aromatic carbocycles. The number of nitrogens with one attached hydrogen (secondary N) is 1. The van der Waals surface area contributed by atoms with Crippen molar-refractivity contribution in [3.05, 3.63) is 35.7 Å². The van der Waals surface area contributed by atoms with Gasteiger partial charge in [-0.25, -0.2) is 9.97 Å². The van der Waals surface area contributed by atoms with Gasteiger partial charge in [0.05, 0.1) is 14.2 Å². The maximum atomic E-state index is 12.5. The van der Waals surface area contributed by atoms with Crippen LogP contribution in [0.2, 0.25) is 0 Å². The summed E-state index contributed by atoms with van der Waals surface area (Å²) in [5, 5.41) is 3.11. The second-order valence-corrected chi connectivity index (χ2v) is 5.39. The molecule has 0 unspecified atom stereocenters. The van der Waals surface area contributed by atoms with Gasteiger partial charge in [-0.3, -0.25) is 4.79 Å². The quantitative estimate of drug-likeness (QED) is 0.832. The minimum Gasteiger partial charge on any atom is -0.493 e. The molecule has 0 atom stereocenters. The summed E-state index contributed by atoms with van der Waals surface area (Å²) >= 11 is 0. The van der Waals surface area contributed by atoms with Crippen molar-refractivity contribution in [2.45, 2.75) is 20.8 Å². The molecule has 0 aliphatic rings. The predicted octanol–water partition coefficient (Wildman–Crippen LogP) is 3.03. The summed E-state index contributed by atoms with van der Waals surface area (Å²) < 4.78 is 10.5. The van der Waals surface area contributed by atoms with Crippen LogP contribution in [0.5, 0.6) is 11.5 Å². The highest BCUT2D eigenvalue weighted by Gasteiger charge is 2.16. The highest BCUT2D eigenvalue weighted by Crippen LogP contribution is 2.30. The number of hydrogen-bond acceptors (Lipinski definition) is 6. The fraction of sp³-hybridized carbons (Fsp3) is 0.389. The Hall–Kier alpha value is -2.83. The van der Waals surface area contributed by atoms with Crippen LogP contribution in [0.4, 0.5) is 11.6 Å². The van der Waals surface area contributed by atoms with E-state index in [-0.39, 0.29) is 5.91 Å². The summed E-state index contributed by atoms with van der Waals surface area (Å²) in [4.78, 5) is 23.0. The molecule has 25 heavy (non-hydrogen) atoms. The molecule has 0 spiro atoms. The summed E-state index contributed by atoms with van der Waals surface area (Å²) in [6.07, 6.45) is 0. The predicted molar refractivity (Wildman–Crippen MR) is 96.8 cm³/mol. The topological polar surface area (TPSA) is 76.6 Å². The molecule has 7 heteroatoms. The minimum atomic E-state index is -0.106. The average molecular weight is 344 g/mol. The number of carbonyl (C=O) groups is 1. The molecule has 0 bridgehead atoms. The van der Waals surface area contributed by atoms with Gasteiger partial charge in [-0.05, 0) is 39.0 Å². The van der Waals surface area contributed by atoms with E-state index in [1.54, 1.807) is 37.3 Å². The van der Waals surface area contributed by atoms with E-state index in [9.17, 15) is 4.79 Å². The molecule has 0 aliphatic heterocycles. The molecule has 1 amide bonds. The normalized spacial score (nSPS) is 10.3. The monoisotopic (exact) mass is 344 g/mol. The van der Waals surface area contributed by atoms with Gasteiger partial charge in [0, 0.05) is 30.5 Å². The lowest BCUT2D eigenvalue weighted by molar-refractivity contribution is 0.0767. The molecule has 2 aromatic rings. The summed E-state index contributed by atoms with van der Waals surface area (Å²) in [6, 6.07) is 7.11. The number of ether oxygens (including phenoxy) is 2. The first kappa shape index (κ1) is 18.5. The number of aryl methyl sites for hydroxylation is 1. The van der Waals surface area contributed by atoms with Crippen LogP contribution in [0, 0.1) is 6.92 Å². The zero-order chi connectivity index (χ0) is 18.4. The summed E-state index contributed by atoms with van der Waals surface area (Å²) in [6.45, 7) is 6.99. The van der Waals surface area contributed by atoms with Gasteiger partial charge in [-0.15, -0.1) is 0 Å². The number of methoxy groups -OCH3 is 2. The van der Waals surface area contributed by atoms with E-state index >= 15 is 0 Å². The highest BCUT2D eigenvalue weighted by atomic mass is 16.5. The molecule has 0 fully saturated rings. The van der Waals surface area contributed by atoms with Gasteiger partial charge in [0.1, 0.15) is 5.69 Å². The number of amides is 1. The van der Waals surface area contributed by atoms with E-state index in [2.05, 4.69) is 15.3 Å². The molecule has 0 saturated carbocycles. The number of nitrogens with zero attached hydrogens (tertiary/aromatic N) is 3. The lowest BCUT2D eigenvalue weighted by Gasteiger charge is -2.18. The number of benzene rings is 1. The van der Waals surface area contributed by atoms with Gasteiger partial charge < -0.3 is 19.7 Å². The molecule has 134 valence electrons. The van der Waals surface area contributed by atoms with Gasteiger partial charge in [0.25, 0.3) is 5.91 Å². The van der Waals surface area contributed by atoms with E-state index in [1.807, 2.05) is 26.8 Å². The van der Waals surface area contributed by atoms with Crippen LogP contribution in [0.1, 0.15) is 30.0 Å². The van der Waals surface area contributed by atoms with Crippen molar-refractivity contribution in [1.82, 2.24) is 14.9 Å². The molecule has 0 aliphatic carbocycles. The lowest BCUT2D eigenvalue weighted by Crippen LogP contribution is -2.31. The van der Waals surface area contributed by atoms with Crippen LogP contribution in [0.15, 0.2) is 24.3 Å². The Kier molecular flexibility index (Phi) is 6.16. The highest BCUT2D eigenvalue weighted by molar-refractivity contribution is 5.92. The number of aromatic nitrogens is 2. The van der Waals surface area contributed by atoms with Crippen molar-refractivity contribution in [2.24, 2.45) is 0 Å². The van der Waals surface area contributed by atoms with Gasteiger partial charge in [0.2, 0.25) is 5.95 Å². The number of anilines is 2. The Morgan fingerprint density at radius 3 is 2.36 bits per heavy atom. The third-order valence-corrected chi connectivity index (χ3v) is 3.76. The molecule has 0 saturated heterocycles. The summed E-state index contributed by atoms with van der Waals surface area (Å²) in [7, 11) is 3.16. The van der Waals surface area contributed by atoms with Crippen molar-refractivity contribution in [3.8, 4) is 11.5 Å². The maximum absolute atomic E-state index is 12.5. The summed E-state index contributed by atoms with van der Waals surface area (Å²) in [5.41, 5.74) is 1.83. The number of rotatable bonds is 7. The standard InChI is InChI=1S/C18H24N4O3/c1-6-22(7-2)17(23)14-10-12(3)19-18(21-14)20-13-8-9-15(24-4)16(11-13)25-5/h8-11H,6-7H2,1-5H3,(H,19,20,21). The Bertz CT molecular complexity index is 745. The zero-order valence-electron chi connectivity index (χ0n) is 15.3. The second-order valence-electron chi connectivity index (χ2n) is 5.39. The van der Waals surface area contributed by atoms with E-state index < -0.39 is 0 Å². The smallest absolute Gasteiger partial charge is 0.272 e. The van der Waals surface area contributed by atoms with Crippen molar-refractivity contribution in [3.63, 3.8) is 0 Å². The van der Waals surface area contributed by atoms with Gasteiger partial charge in [-0.1, -0.05) is 0 Å². The first-order valence-electron chi connectivity index (χ1n) is 8.16. The Morgan fingerprint density at radius 2 is 1.76 bits per heavy atom. The average Bonchev–Trinajstić information content (AvgIpc) is 2.62. The summed E-state index contributed by atoms with van der Waals surface area (Å²) in [5.74, 6) is 1.49. The van der Waals surface area contributed by atoms with Gasteiger partial charge in [-0.2, -0.15) is 0 Å². The van der Waals surface area contributed by atoms with Gasteiger partial charge in [0.15, 0.2) is 11.5 Å². The lowest BCUT2D eigenvalue weighted by atomic mass is 10.2. The first-order chi connectivity index (χ1) is 12.0. The maximum Gasteiger partial charge on any atom is 0.272 e. The molecular formula is C18H24N4O3. The van der Waals surface area contributed by atoms with Crippen molar-refractivity contribution < 1.29 is 14.3 Å². The van der Waals surface area contributed by atoms with E-state index in [0.29, 0.717) is 41.9 Å². The largest absolute Gasteiger partial charge is 0.493 e. The van der Waals surface area contributed by atoms with Crippen LogP contribution in [-0.2, 0) is 0 Å². The molecule has 1 aromatic heterocycles. The van der Waals surface area contributed by atoms with Crippen LogP contribution in [0.3, 0.4) is 0 Å². The van der Waals surface area contributed by atoms with Crippen molar-refractivity contribution >= 4 is 17.5 Å². The Morgan fingerprint density at radius 1 is 1.08 bits per heavy atom. The molecule has 2 rings (SSSR count). The fourth-order valence-corrected chi connectivity index (χ4v) is 2.45. The van der Waals surface area contributed by atoms with Crippen LogP contribution >= 0.6 is 0 Å². The fourth-order valence-electron chi connectivity index (χ4n) is 2.45. The van der Waals surface area contributed by atoms with Gasteiger partial charge >= 0.3 is 0 Å². The Balaban J connectivity index is 2.30. The third-order valence-electron chi connectivity index (χ3n) is 3.76. The zero-order valence-corrected chi connectivity index (χ0v) is 15.3. The van der Waals surface area contributed by atoms with Crippen molar-refractivity contribution in [1.29, 1.82) is 0 Å². The van der Waals surface area contributed by atoms with Crippen LogP contribution in [-0.4, -0.2) is 48.1 Å². The van der Waals surface area contributed by atoms with Crippen LogP contribution in [0.25, 0.3) is 0 Å². The van der Waals surface area contributed by atoms with Crippen molar-refractivity contribution in [2.75, 3.05) is 32.6 Å². The first-order valence-corrected chi connectivity index (χ1v) is 8.16. The number of hydrogen-bond donors (Lipinski definition) is 1. The SMILES string of the molecule is CCN(CC)C(=O)c1cc(C)nc(Nc2ccc(OC)c(OC)c2)n1.